The zero-order valence-corrected chi connectivity index (χ0v) is 11.8. The van der Waals surface area contributed by atoms with Crippen molar-refractivity contribution in [1.29, 1.82) is 0 Å². The fraction of sp³-hybridized carbons (Fsp3) is 0.800. The lowest BCUT2D eigenvalue weighted by atomic mass is 9.84. The zero-order valence-electron chi connectivity index (χ0n) is 9.31. The fourth-order valence-corrected chi connectivity index (χ4v) is 4.39. The van der Waals surface area contributed by atoms with Crippen LogP contribution >= 0.6 is 35.7 Å². The molecule has 1 saturated heterocycles. The summed E-state index contributed by atoms with van der Waals surface area (Å²) >= 11 is 7.98. The Hall–Kier alpha value is 0.220. The molecule has 0 amide bonds. The predicted molar refractivity (Wildman–Crippen MR) is 71.7 cm³/mol. The average molecular weight is 276 g/mol. The third-order valence-corrected chi connectivity index (χ3v) is 5.89. The van der Waals surface area contributed by atoms with Crippen LogP contribution in [0, 0.1) is 12.3 Å². The zero-order chi connectivity index (χ0) is 11.4. The van der Waals surface area contributed by atoms with Crippen LogP contribution in [-0.2, 0) is 4.74 Å². The molecule has 1 aliphatic heterocycles. The summed E-state index contributed by atoms with van der Waals surface area (Å²) in [6.45, 7) is 3.73. The molecule has 0 saturated carbocycles. The molecule has 90 valence electrons. The van der Waals surface area contributed by atoms with Gasteiger partial charge in [-0.3, -0.25) is 0 Å². The second kappa shape index (κ2) is 5.71. The molecule has 1 fully saturated rings. The third kappa shape index (κ3) is 3.12. The maximum Gasteiger partial charge on any atom is 0.174 e. The van der Waals surface area contributed by atoms with Gasteiger partial charge in [0.05, 0.1) is 0 Å². The van der Waals surface area contributed by atoms with E-state index in [0.29, 0.717) is 5.41 Å². The summed E-state index contributed by atoms with van der Waals surface area (Å²) in [5.74, 6) is 2.01. The lowest BCUT2D eigenvalue weighted by Gasteiger charge is -2.35. The van der Waals surface area contributed by atoms with E-state index in [0.717, 1.165) is 46.9 Å². The molecule has 0 atom stereocenters. The number of rotatable bonds is 4. The Morgan fingerprint density at radius 2 is 2.19 bits per heavy atom. The number of aryl methyl sites for hydroxylation is 1. The summed E-state index contributed by atoms with van der Waals surface area (Å²) in [5, 5.41) is 9.21. The van der Waals surface area contributed by atoms with E-state index in [1.807, 2.05) is 18.7 Å². The van der Waals surface area contributed by atoms with Crippen molar-refractivity contribution in [2.75, 3.05) is 24.7 Å². The lowest BCUT2D eigenvalue weighted by Crippen LogP contribution is -2.33. The van der Waals surface area contributed by atoms with Gasteiger partial charge in [0.25, 0.3) is 0 Å². The Bertz CT molecular complexity index is 337. The molecule has 0 aromatic carbocycles. The minimum absolute atomic E-state index is 0.325. The van der Waals surface area contributed by atoms with E-state index in [2.05, 4.69) is 22.8 Å². The van der Waals surface area contributed by atoms with Gasteiger partial charge < -0.3 is 4.74 Å². The maximum atomic E-state index is 5.41. The molecule has 0 aliphatic carbocycles. The number of nitrogens with zero attached hydrogens (tertiary/aromatic N) is 2. The molecule has 0 unspecified atom stereocenters. The van der Waals surface area contributed by atoms with E-state index >= 15 is 0 Å². The van der Waals surface area contributed by atoms with Crippen LogP contribution in [0.25, 0.3) is 0 Å². The molecular weight excluding hydrogens is 260 g/mol. The van der Waals surface area contributed by atoms with Crippen LogP contribution in [0.5, 0.6) is 0 Å². The minimum Gasteiger partial charge on any atom is -0.381 e. The van der Waals surface area contributed by atoms with Crippen molar-refractivity contribution in [3.63, 3.8) is 0 Å². The van der Waals surface area contributed by atoms with Gasteiger partial charge in [-0.15, -0.1) is 10.2 Å². The van der Waals surface area contributed by atoms with Crippen molar-refractivity contribution in [3.05, 3.63) is 5.01 Å². The molecule has 6 heteroatoms. The molecular formula is C10H16N2OS3. The molecule has 0 spiro atoms. The number of hydrogen-bond donors (Lipinski definition) is 1. The van der Waals surface area contributed by atoms with Crippen molar-refractivity contribution in [2.45, 2.75) is 24.1 Å². The highest BCUT2D eigenvalue weighted by Crippen LogP contribution is 2.38. The van der Waals surface area contributed by atoms with Gasteiger partial charge in [0.1, 0.15) is 5.01 Å². The Morgan fingerprint density at radius 1 is 1.44 bits per heavy atom. The van der Waals surface area contributed by atoms with Gasteiger partial charge in [-0.2, -0.15) is 12.6 Å². The Labute approximate surface area is 110 Å². The molecule has 0 bridgehead atoms. The van der Waals surface area contributed by atoms with E-state index in [4.69, 9.17) is 4.74 Å². The van der Waals surface area contributed by atoms with Gasteiger partial charge in [-0.05, 0) is 30.9 Å². The van der Waals surface area contributed by atoms with Gasteiger partial charge in [0.15, 0.2) is 4.34 Å². The highest BCUT2D eigenvalue weighted by molar-refractivity contribution is 8.01. The maximum absolute atomic E-state index is 5.41. The molecule has 2 heterocycles. The largest absolute Gasteiger partial charge is 0.381 e. The van der Waals surface area contributed by atoms with E-state index in [1.165, 1.54) is 0 Å². The van der Waals surface area contributed by atoms with E-state index in [1.54, 1.807) is 11.3 Å². The van der Waals surface area contributed by atoms with Gasteiger partial charge in [-0.25, -0.2) is 0 Å². The first-order valence-electron chi connectivity index (χ1n) is 5.36. The Kier molecular flexibility index (Phi) is 4.52. The van der Waals surface area contributed by atoms with Crippen LogP contribution in [-0.4, -0.2) is 34.9 Å². The van der Waals surface area contributed by atoms with Gasteiger partial charge in [0.2, 0.25) is 0 Å². The first-order valence-corrected chi connectivity index (χ1v) is 7.79. The van der Waals surface area contributed by atoms with Gasteiger partial charge in [-0.1, -0.05) is 23.1 Å². The monoisotopic (exact) mass is 276 g/mol. The van der Waals surface area contributed by atoms with Gasteiger partial charge in [0, 0.05) is 19.0 Å². The number of ether oxygens (including phenoxy) is 1. The highest BCUT2D eigenvalue weighted by atomic mass is 32.2. The summed E-state index contributed by atoms with van der Waals surface area (Å²) in [7, 11) is 0. The number of thioether (sulfide) groups is 1. The molecule has 1 aromatic heterocycles. The standard InChI is InChI=1S/C10H16N2OS3/c1-8-11-12-9(16-8)15-7-10(6-14)2-4-13-5-3-10/h14H,2-7H2,1H3. The lowest BCUT2D eigenvalue weighted by molar-refractivity contribution is 0.0371. The molecule has 2 rings (SSSR count). The van der Waals surface area contributed by atoms with Gasteiger partial charge >= 0.3 is 0 Å². The van der Waals surface area contributed by atoms with E-state index in [-0.39, 0.29) is 0 Å². The quantitative estimate of drug-likeness (QED) is 0.677. The SMILES string of the molecule is Cc1nnc(SCC2(CS)CCOCC2)s1. The molecule has 1 aliphatic rings. The van der Waals surface area contributed by atoms with Crippen molar-refractivity contribution in [1.82, 2.24) is 10.2 Å². The predicted octanol–water partition coefficient (Wildman–Crippen LogP) is 2.67. The van der Waals surface area contributed by atoms with Crippen LogP contribution in [0.2, 0.25) is 0 Å². The van der Waals surface area contributed by atoms with Crippen molar-refractivity contribution < 1.29 is 4.74 Å². The van der Waals surface area contributed by atoms with Crippen LogP contribution in [0.1, 0.15) is 17.8 Å². The summed E-state index contributed by atoms with van der Waals surface area (Å²) < 4.78 is 6.49. The number of hydrogen-bond acceptors (Lipinski definition) is 6. The summed E-state index contributed by atoms with van der Waals surface area (Å²) in [5.41, 5.74) is 0.325. The Balaban J connectivity index is 1.91. The Morgan fingerprint density at radius 3 is 2.75 bits per heavy atom. The molecule has 1 aromatic rings. The van der Waals surface area contributed by atoms with Crippen molar-refractivity contribution >= 4 is 35.7 Å². The fourth-order valence-electron chi connectivity index (χ4n) is 1.70. The summed E-state index contributed by atoms with van der Waals surface area (Å²) in [6.07, 6.45) is 2.22. The normalized spacial score (nSPS) is 19.9. The average Bonchev–Trinajstić information content (AvgIpc) is 2.74. The summed E-state index contributed by atoms with van der Waals surface area (Å²) in [4.78, 5) is 0. The van der Waals surface area contributed by atoms with Crippen LogP contribution in [0.15, 0.2) is 4.34 Å². The van der Waals surface area contributed by atoms with E-state index in [9.17, 15) is 0 Å². The van der Waals surface area contributed by atoms with Crippen LogP contribution < -0.4 is 0 Å². The first kappa shape index (κ1) is 12.7. The summed E-state index contributed by atoms with van der Waals surface area (Å²) in [6, 6.07) is 0. The van der Waals surface area contributed by atoms with Crippen molar-refractivity contribution in [2.24, 2.45) is 5.41 Å². The molecule has 16 heavy (non-hydrogen) atoms. The molecule has 0 N–H and O–H groups in total. The number of aromatic nitrogens is 2. The van der Waals surface area contributed by atoms with Crippen LogP contribution in [0.4, 0.5) is 0 Å². The first-order chi connectivity index (χ1) is 7.74. The second-order valence-corrected chi connectivity index (χ2v) is 6.87. The highest BCUT2D eigenvalue weighted by Gasteiger charge is 2.31. The molecule has 3 nitrogen and oxygen atoms in total. The third-order valence-electron chi connectivity index (χ3n) is 2.90. The van der Waals surface area contributed by atoms with E-state index < -0.39 is 0 Å². The minimum atomic E-state index is 0.325. The smallest absolute Gasteiger partial charge is 0.174 e. The van der Waals surface area contributed by atoms with Crippen molar-refractivity contribution in [3.8, 4) is 0 Å². The molecule has 0 radical (unpaired) electrons. The van der Waals surface area contributed by atoms with Crippen LogP contribution in [0.3, 0.4) is 0 Å². The topological polar surface area (TPSA) is 35.0 Å². The second-order valence-electron chi connectivity index (χ2n) is 4.15. The number of thiol groups is 1.